The quantitative estimate of drug-likeness (QED) is 0.530. The Morgan fingerprint density at radius 3 is 2.62 bits per heavy atom. The monoisotopic (exact) mass is 467 g/mol. The van der Waals surface area contributed by atoms with Crippen molar-refractivity contribution in [1.29, 1.82) is 0 Å². The molecule has 2 fully saturated rings. The summed E-state index contributed by atoms with van der Waals surface area (Å²) < 4.78 is 38.2. The molecule has 0 bridgehead atoms. The highest BCUT2D eigenvalue weighted by Gasteiger charge is 2.29. The predicted molar refractivity (Wildman–Crippen MR) is 123 cm³/mol. The number of benzene rings is 1. The van der Waals surface area contributed by atoms with Crippen LogP contribution in [0.25, 0.3) is 0 Å². The van der Waals surface area contributed by atoms with E-state index in [1.165, 1.54) is 43.5 Å². The van der Waals surface area contributed by atoms with Gasteiger partial charge >= 0.3 is 0 Å². The average Bonchev–Trinajstić information content (AvgIpc) is 2.82. The molecule has 3 rings (SSSR count). The lowest BCUT2D eigenvalue weighted by Crippen LogP contribution is -2.40. The van der Waals surface area contributed by atoms with Gasteiger partial charge in [0, 0.05) is 25.7 Å². The van der Waals surface area contributed by atoms with Crippen LogP contribution in [0.5, 0.6) is 5.75 Å². The molecular formula is C23H37N3O5S. The highest BCUT2D eigenvalue weighted by atomic mass is 32.2. The van der Waals surface area contributed by atoms with Crippen LogP contribution in [0.2, 0.25) is 0 Å². The third-order valence-corrected chi connectivity index (χ3v) is 8.31. The van der Waals surface area contributed by atoms with Gasteiger partial charge in [0.15, 0.2) is 0 Å². The number of carbonyl (C=O) groups is 1. The van der Waals surface area contributed by atoms with Gasteiger partial charge in [-0.15, -0.1) is 0 Å². The van der Waals surface area contributed by atoms with Crippen LogP contribution in [0.15, 0.2) is 23.1 Å². The van der Waals surface area contributed by atoms with E-state index in [1.807, 2.05) is 0 Å². The molecule has 32 heavy (non-hydrogen) atoms. The van der Waals surface area contributed by atoms with Gasteiger partial charge in [-0.3, -0.25) is 4.79 Å². The van der Waals surface area contributed by atoms with Crippen LogP contribution in [0, 0.1) is 0 Å². The summed E-state index contributed by atoms with van der Waals surface area (Å²) >= 11 is 0. The molecule has 0 unspecified atom stereocenters. The Bertz CT molecular complexity index is 849. The van der Waals surface area contributed by atoms with Gasteiger partial charge in [0.2, 0.25) is 15.9 Å². The fraction of sp³-hybridized carbons (Fsp3) is 0.696. The van der Waals surface area contributed by atoms with Gasteiger partial charge in [-0.2, -0.15) is 4.31 Å². The number of hydrogen-bond donors (Lipinski definition) is 1. The first-order chi connectivity index (χ1) is 15.4. The van der Waals surface area contributed by atoms with E-state index in [0.717, 1.165) is 13.0 Å². The Morgan fingerprint density at radius 2 is 1.94 bits per heavy atom. The minimum Gasteiger partial charge on any atom is -0.495 e. The summed E-state index contributed by atoms with van der Waals surface area (Å²) in [4.78, 5) is 15.0. The van der Waals surface area contributed by atoms with E-state index in [9.17, 15) is 13.2 Å². The topological polar surface area (TPSA) is 88.2 Å². The van der Waals surface area contributed by atoms with E-state index >= 15 is 0 Å². The van der Waals surface area contributed by atoms with E-state index in [4.69, 9.17) is 9.47 Å². The Hall–Kier alpha value is -1.68. The van der Waals surface area contributed by atoms with Gasteiger partial charge in [0.05, 0.1) is 26.7 Å². The molecule has 1 heterocycles. The number of ether oxygens (including phenoxy) is 2. The number of sulfonamides is 1. The standard InChI is InChI=1S/C23H37N3O5S/c1-25(20-7-4-3-5-8-20)12-6-11-24-23(27)18-19-9-10-21(30-2)22(17-19)32(28,29)26-13-15-31-16-14-26/h9-10,17,20H,3-8,11-16,18H2,1-2H3,(H,24,27). The molecule has 0 atom stereocenters. The van der Waals surface area contributed by atoms with Crippen LogP contribution in [-0.4, -0.2) is 83.1 Å². The molecule has 1 saturated carbocycles. The van der Waals surface area contributed by atoms with E-state index in [0.29, 0.717) is 44.5 Å². The Kier molecular flexibility index (Phi) is 9.34. The van der Waals surface area contributed by atoms with Crippen LogP contribution in [0.4, 0.5) is 0 Å². The maximum absolute atomic E-state index is 13.1. The van der Waals surface area contributed by atoms with Crippen molar-refractivity contribution in [2.75, 3.05) is 53.6 Å². The molecule has 1 aliphatic heterocycles. The van der Waals surface area contributed by atoms with Gasteiger partial charge < -0.3 is 19.7 Å². The largest absolute Gasteiger partial charge is 0.495 e. The van der Waals surface area contributed by atoms with Crippen molar-refractivity contribution >= 4 is 15.9 Å². The zero-order valence-electron chi connectivity index (χ0n) is 19.3. The Labute approximate surface area is 192 Å². The number of morpholine rings is 1. The number of nitrogens with one attached hydrogen (secondary N) is 1. The maximum atomic E-state index is 13.1. The summed E-state index contributed by atoms with van der Waals surface area (Å²) in [6.07, 6.45) is 7.56. The smallest absolute Gasteiger partial charge is 0.246 e. The molecule has 0 spiro atoms. The van der Waals surface area contributed by atoms with Gasteiger partial charge in [0.1, 0.15) is 10.6 Å². The van der Waals surface area contributed by atoms with Crippen LogP contribution >= 0.6 is 0 Å². The number of rotatable bonds is 10. The molecule has 1 N–H and O–H groups in total. The number of hydrogen-bond acceptors (Lipinski definition) is 6. The van der Waals surface area contributed by atoms with Crippen molar-refractivity contribution in [2.45, 2.75) is 55.9 Å². The van der Waals surface area contributed by atoms with E-state index < -0.39 is 10.0 Å². The Morgan fingerprint density at radius 1 is 1.22 bits per heavy atom. The van der Waals surface area contributed by atoms with Crippen LogP contribution < -0.4 is 10.1 Å². The lowest BCUT2D eigenvalue weighted by molar-refractivity contribution is -0.120. The molecule has 1 amide bonds. The Balaban J connectivity index is 1.52. The molecule has 8 nitrogen and oxygen atoms in total. The first kappa shape index (κ1) is 25.0. The van der Waals surface area contributed by atoms with Crippen molar-refractivity contribution < 1.29 is 22.7 Å². The first-order valence-electron chi connectivity index (χ1n) is 11.6. The highest BCUT2D eigenvalue weighted by Crippen LogP contribution is 2.28. The number of carbonyl (C=O) groups excluding carboxylic acids is 1. The molecule has 1 aromatic carbocycles. The molecule has 0 radical (unpaired) electrons. The van der Waals surface area contributed by atoms with Crippen molar-refractivity contribution in [1.82, 2.24) is 14.5 Å². The summed E-state index contributed by atoms with van der Waals surface area (Å²) in [6, 6.07) is 5.59. The summed E-state index contributed by atoms with van der Waals surface area (Å²) in [6.45, 7) is 2.95. The average molecular weight is 468 g/mol. The van der Waals surface area contributed by atoms with Gasteiger partial charge in [-0.1, -0.05) is 25.3 Å². The van der Waals surface area contributed by atoms with Gasteiger partial charge in [-0.05, 0) is 50.6 Å². The second-order valence-electron chi connectivity index (χ2n) is 8.65. The third kappa shape index (κ3) is 6.66. The van der Waals surface area contributed by atoms with Crippen LogP contribution in [-0.2, 0) is 26.0 Å². The molecule has 2 aliphatic rings. The minimum atomic E-state index is -3.71. The first-order valence-corrected chi connectivity index (χ1v) is 13.1. The summed E-state index contributed by atoms with van der Waals surface area (Å²) in [5.41, 5.74) is 0.648. The lowest BCUT2D eigenvalue weighted by atomic mass is 9.94. The van der Waals surface area contributed by atoms with Crippen molar-refractivity contribution in [3.05, 3.63) is 23.8 Å². The van der Waals surface area contributed by atoms with E-state index in [-0.39, 0.29) is 23.0 Å². The van der Waals surface area contributed by atoms with Crippen molar-refractivity contribution in [3.63, 3.8) is 0 Å². The van der Waals surface area contributed by atoms with Gasteiger partial charge in [0.25, 0.3) is 0 Å². The zero-order valence-corrected chi connectivity index (χ0v) is 20.2. The lowest BCUT2D eigenvalue weighted by Gasteiger charge is -2.31. The minimum absolute atomic E-state index is 0.0984. The van der Waals surface area contributed by atoms with Crippen molar-refractivity contribution in [2.24, 2.45) is 0 Å². The van der Waals surface area contributed by atoms with Crippen LogP contribution in [0.3, 0.4) is 0 Å². The summed E-state index contributed by atoms with van der Waals surface area (Å²) in [5, 5.41) is 2.97. The fourth-order valence-corrected chi connectivity index (χ4v) is 6.08. The molecular weight excluding hydrogens is 430 g/mol. The van der Waals surface area contributed by atoms with Crippen LogP contribution in [0.1, 0.15) is 44.1 Å². The molecule has 9 heteroatoms. The normalized spacial score (nSPS) is 18.6. The maximum Gasteiger partial charge on any atom is 0.246 e. The molecule has 180 valence electrons. The SMILES string of the molecule is COc1ccc(CC(=O)NCCCN(C)C2CCCCC2)cc1S(=O)(=O)N1CCOCC1. The zero-order chi connectivity index (χ0) is 23.0. The predicted octanol–water partition coefficient (Wildman–Crippen LogP) is 2.03. The molecule has 0 aromatic heterocycles. The molecule has 1 aliphatic carbocycles. The molecule has 1 saturated heterocycles. The molecule has 1 aromatic rings. The third-order valence-electron chi connectivity index (χ3n) is 6.39. The second kappa shape index (κ2) is 12.0. The van der Waals surface area contributed by atoms with E-state index in [1.54, 1.807) is 18.2 Å². The second-order valence-corrected chi connectivity index (χ2v) is 10.6. The fourth-order valence-electron chi connectivity index (χ4n) is 4.47. The van der Waals surface area contributed by atoms with Crippen molar-refractivity contribution in [3.8, 4) is 5.75 Å². The van der Waals surface area contributed by atoms with Gasteiger partial charge in [-0.25, -0.2) is 8.42 Å². The van der Waals surface area contributed by atoms with E-state index in [2.05, 4.69) is 17.3 Å². The summed E-state index contributed by atoms with van der Waals surface area (Å²) in [5.74, 6) is 0.177. The highest BCUT2D eigenvalue weighted by molar-refractivity contribution is 7.89. The number of methoxy groups -OCH3 is 1. The number of amides is 1. The summed E-state index contributed by atoms with van der Waals surface area (Å²) in [7, 11) is -0.0922. The number of nitrogens with zero attached hydrogens (tertiary/aromatic N) is 2.